The fraction of sp³-hybridized carbons (Fsp3) is 0. The fourth-order valence-electron chi connectivity index (χ4n) is 5.75. The van der Waals surface area contributed by atoms with Gasteiger partial charge in [-0.25, -0.2) is 47.5 Å². The standard InChI is InChI=1S/C32H14F4N8.4ClH.2H2O.H4Si/c33-21-19-20(22(34)24(36)23(21)35)32-43-30-18-12-6-4-10-16(18)28(41-30)39-26-14-8-2-1-7-13(14)25(37-26)38-27-15-9-3-5-11-17(15)29(40-27)42-31(19)44-32;;;;;;;/h1-12H,(H2,37,38,39,40,41,42,43,44);4*1H;2*1H2;1H4. The van der Waals surface area contributed by atoms with Crippen LogP contribution in [0.25, 0.3) is 89.7 Å². The number of hydrogen-bond donors (Lipinski definition) is 2. The third-order valence-electron chi connectivity index (χ3n) is 7.76. The van der Waals surface area contributed by atoms with Crippen LogP contribution in [0.3, 0.4) is 0 Å². The average Bonchev–Trinajstić information content (AvgIpc) is 3.78. The van der Waals surface area contributed by atoms with Crippen LogP contribution >= 0.6 is 49.6 Å². The lowest BCUT2D eigenvalue weighted by molar-refractivity contribution is 0.418. The lowest BCUT2D eigenvalue weighted by Crippen LogP contribution is -1.97. The topological polar surface area (TPSA) is 172 Å². The Morgan fingerprint density at radius 2 is 0.647 bits per heavy atom. The summed E-state index contributed by atoms with van der Waals surface area (Å²) in [5.74, 6) is -6.36. The molecule has 0 radical (unpaired) electrons. The van der Waals surface area contributed by atoms with Crippen LogP contribution in [0, 0.1) is 23.3 Å². The number of aromatic amines is 2. The van der Waals surface area contributed by atoms with E-state index in [0.717, 1.165) is 10.8 Å². The van der Waals surface area contributed by atoms with Gasteiger partial charge in [-0.15, -0.1) is 49.6 Å². The Hall–Kier alpha value is -4.74. The number of rotatable bonds is 0. The van der Waals surface area contributed by atoms with Crippen molar-refractivity contribution < 1.29 is 28.5 Å². The molecule has 19 heteroatoms. The van der Waals surface area contributed by atoms with E-state index in [-0.39, 0.29) is 94.5 Å². The van der Waals surface area contributed by atoms with E-state index in [1.165, 1.54) is 0 Å². The third kappa shape index (κ3) is 6.27. The van der Waals surface area contributed by atoms with Crippen molar-refractivity contribution in [1.82, 2.24) is 39.9 Å². The third-order valence-corrected chi connectivity index (χ3v) is 7.76. The number of nitrogens with one attached hydrogen (secondary N) is 2. The molecule has 10 nitrogen and oxygen atoms in total. The van der Waals surface area contributed by atoms with E-state index in [0.29, 0.717) is 45.2 Å². The van der Waals surface area contributed by atoms with Gasteiger partial charge >= 0.3 is 0 Å². The van der Waals surface area contributed by atoms with Gasteiger partial charge in [-0.05, 0) is 11.0 Å². The highest BCUT2D eigenvalue weighted by Crippen LogP contribution is 2.38. The molecule has 0 aliphatic carbocycles. The highest BCUT2D eigenvalue weighted by atomic mass is 35.5. The molecule has 266 valence electrons. The minimum Gasteiger partial charge on any atom is -0.412 e. The molecule has 9 rings (SSSR count). The summed E-state index contributed by atoms with van der Waals surface area (Å²) < 4.78 is 59.9. The van der Waals surface area contributed by atoms with Crippen LogP contribution in [-0.2, 0) is 0 Å². The van der Waals surface area contributed by atoms with Gasteiger partial charge in [0.15, 0.2) is 46.6 Å². The maximum absolute atomic E-state index is 15.4. The first kappa shape index (κ1) is 42.4. The van der Waals surface area contributed by atoms with E-state index < -0.39 is 34.0 Å². The van der Waals surface area contributed by atoms with Crippen LogP contribution in [0.15, 0.2) is 72.8 Å². The smallest absolute Gasteiger partial charge is 0.198 e. The monoisotopic (exact) mass is 798 g/mol. The van der Waals surface area contributed by atoms with Gasteiger partial charge in [-0.3, -0.25) is 0 Å². The van der Waals surface area contributed by atoms with Gasteiger partial charge < -0.3 is 20.9 Å². The van der Waals surface area contributed by atoms with Crippen LogP contribution in [-0.4, -0.2) is 61.8 Å². The van der Waals surface area contributed by atoms with Crippen molar-refractivity contribution in [3.05, 3.63) is 96.1 Å². The molecule has 0 saturated heterocycles. The minimum atomic E-state index is -1.97. The van der Waals surface area contributed by atoms with Crippen molar-refractivity contribution in [3.63, 3.8) is 0 Å². The van der Waals surface area contributed by atoms with Gasteiger partial charge in [0.2, 0.25) is 0 Å². The number of benzene rings is 4. The molecule has 7 aromatic rings. The number of aromatic nitrogens is 8. The first-order valence-corrected chi connectivity index (χ1v) is 13.4. The highest BCUT2D eigenvalue weighted by molar-refractivity contribution is 6.07. The Balaban J connectivity index is 0.00000129. The van der Waals surface area contributed by atoms with Crippen LogP contribution in [0.5, 0.6) is 0 Å². The van der Waals surface area contributed by atoms with Crippen molar-refractivity contribution in [2.24, 2.45) is 0 Å². The first-order chi connectivity index (χ1) is 21.5. The van der Waals surface area contributed by atoms with Crippen molar-refractivity contribution >= 4 is 105 Å². The number of H-pyrrole nitrogens is 2. The van der Waals surface area contributed by atoms with Crippen molar-refractivity contribution in [1.29, 1.82) is 0 Å². The summed E-state index contributed by atoms with van der Waals surface area (Å²) in [7, 11) is 0. The van der Waals surface area contributed by atoms with E-state index in [9.17, 15) is 8.78 Å². The van der Waals surface area contributed by atoms with Crippen LogP contribution < -0.4 is 0 Å². The second-order valence-corrected chi connectivity index (χ2v) is 10.3. The number of fused-ring (bicyclic) bond motifs is 20. The lowest BCUT2D eigenvalue weighted by atomic mass is 10.1. The molecule has 0 amide bonds. The summed E-state index contributed by atoms with van der Waals surface area (Å²) in [5, 5.41) is 0.346. The molecule has 6 N–H and O–H groups in total. The summed E-state index contributed by atoms with van der Waals surface area (Å²) in [4.78, 5) is 33.9. The lowest BCUT2D eigenvalue weighted by Gasteiger charge is -2.00. The summed E-state index contributed by atoms with van der Waals surface area (Å²) in [6.45, 7) is 0. The predicted octanol–water partition coefficient (Wildman–Crippen LogP) is 6.01. The van der Waals surface area contributed by atoms with Crippen LogP contribution in [0.4, 0.5) is 17.6 Å². The summed E-state index contributed by atoms with van der Waals surface area (Å²) >= 11 is 0. The molecule has 5 heterocycles. The molecule has 0 fully saturated rings. The van der Waals surface area contributed by atoms with E-state index in [2.05, 4.69) is 29.9 Å². The second-order valence-electron chi connectivity index (χ2n) is 10.3. The van der Waals surface area contributed by atoms with Gasteiger partial charge in [0.05, 0.1) is 10.8 Å². The Morgan fingerprint density at radius 3 is 0.980 bits per heavy atom. The van der Waals surface area contributed by atoms with Crippen molar-refractivity contribution in [2.75, 3.05) is 0 Å². The van der Waals surface area contributed by atoms with Crippen molar-refractivity contribution in [3.8, 4) is 45.6 Å². The molecule has 0 atom stereocenters. The Kier molecular flexibility index (Phi) is 13.0. The van der Waals surface area contributed by atoms with Crippen molar-refractivity contribution in [2.45, 2.75) is 0 Å². The van der Waals surface area contributed by atoms with Crippen LogP contribution in [0.2, 0.25) is 0 Å². The molecule has 8 bridgehead atoms. The highest BCUT2D eigenvalue weighted by Gasteiger charge is 2.27. The molecule has 2 aliphatic rings. The quantitative estimate of drug-likeness (QED) is 0.0823. The van der Waals surface area contributed by atoms with Gasteiger partial charge in [-0.1, -0.05) is 72.8 Å². The normalized spacial score (nSPS) is 10.4. The predicted molar refractivity (Wildman–Crippen MR) is 203 cm³/mol. The van der Waals surface area contributed by atoms with Crippen LogP contribution in [0.1, 0.15) is 0 Å². The zero-order valence-corrected chi connectivity index (χ0v) is 28.0. The SMILES string of the molecule is Cl.Cl.Cl.Cl.Fc1c(F)c(F)c2c3nc4nc(nc5[nH]c(nc6nc(nc([nH]3)c2c1F)-c1ccccc1-6)c1ccccc51)-c1ccccc1-4.O.O.[SiH4]. The summed E-state index contributed by atoms with van der Waals surface area (Å²) in [6, 6.07) is 21.8. The van der Waals surface area contributed by atoms with E-state index in [1.807, 2.05) is 24.3 Å². The average molecular weight is 801 g/mol. The molecule has 0 spiro atoms. The second kappa shape index (κ2) is 15.7. The van der Waals surface area contributed by atoms with Gasteiger partial charge in [-0.2, -0.15) is 0 Å². The van der Waals surface area contributed by atoms with E-state index in [1.54, 1.807) is 48.5 Å². The summed E-state index contributed by atoms with van der Waals surface area (Å²) in [5.41, 5.74) is 2.73. The molecule has 3 aromatic heterocycles. The van der Waals surface area contributed by atoms with Gasteiger partial charge in [0, 0.05) is 33.0 Å². The fourth-order valence-corrected chi connectivity index (χ4v) is 5.75. The molecule has 4 aromatic carbocycles. The van der Waals surface area contributed by atoms with E-state index >= 15 is 8.78 Å². The van der Waals surface area contributed by atoms with E-state index in [4.69, 9.17) is 9.97 Å². The molecule has 51 heavy (non-hydrogen) atoms. The molecule has 0 saturated carbocycles. The Morgan fingerprint density at radius 1 is 0.373 bits per heavy atom. The molecule has 2 aliphatic heterocycles. The minimum absolute atomic E-state index is 0. The Bertz CT molecular complexity index is 2440. The molecular formula is C32H26Cl4F4N8O2Si. The Labute approximate surface area is 313 Å². The number of hydrogen-bond acceptors (Lipinski definition) is 6. The zero-order valence-electron chi connectivity index (χ0n) is 24.8. The van der Waals surface area contributed by atoms with Gasteiger partial charge in [0.1, 0.15) is 22.6 Å². The maximum Gasteiger partial charge on any atom is 0.198 e. The zero-order chi connectivity index (χ0) is 29.7. The number of nitrogens with zero attached hydrogens (tertiary/aromatic N) is 6. The first-order valence-electron chi connectivity index (χ1n) is 13.4. The largest absolute Gasteiger partial charge is 0.412 e. The maximum atomic E-state index is 15.4. The van der Waals surface area contributed by atoms with Gasteiger partial charge in [0.25, 0.3) is 0 Å². The molecular weight excluding hydrogens is 774 g/mol. The molecule has 0 unspecified atom stereocenters. The summed E-state index contributed by atoms with van der Waals surface area (Å²) in [6.07, 6.45) is 0. The number of halogens is 8.